The molecular weight excluding hydrogens is 439 g/mol. The van der Waals surface area contributed by atoms with E-state index < -0.39 is 5.23 Å². The molecule has 1 fully saturated rings. The minimum atomic E-state index is -1.01. The zero-order valence-electron chi connectivity index (χ0n) is 16.9. The third-order valence-electron chi connectivity index (χ3n) is 5.54. The number of halogens is 2. The topological polar surface area (TPSA) is 87.1 Å². The molecule has 162 valence electrons. The Morgan fingerprint density at radius 1 is 1.10 bits per heavy atom. The summed E-state index contributed by atoms with van der Waals surface area (Å²) in [7, 11) is 0. The minimum absolute atomic E-state index is 0.0411. The zero-order chi connectivity index (χ0) is 22.1. The van der Waals surface area contributed by atoms with Crippen LogP contribution in [0.15, 0.2) is 48.7 Å². The molecule has 0 saturated carbocycles. The monoisotopic (exact) mass is 460 g/mol. The Kier molecular flexibility index (Phi) is 6.22. The maximum absolute atomic E-state index is 13.4. The smallest absolute Gasteiger partial charge is 0.256 e. The van der Waals surface area contributed by atoms with Crippen LogP contribution in [-0.4, -0.2) is 47.2 Å². The normalized spacial score (nSPS) is 15.3. The summed E-state index contributed by atoms with van der Waals surface area (Å²) in [6, 6.07) is 12.2. The third kappa shape index (κ3) is 4.28. The molecule has 31 heavy (non-hydrogen) atoms. The lowest BCUT2D eigenvalue weighted by Crippen LogP contribution is -2.99. The van der Waals surface area contributed by atoms with Crippen molar-refractivity contribution >= 4 is 40.5 Å². The molecule has 0 aliphatic carbocycles. The van der Waals surface area contributed by atoms with Gasteiger partial charge < -0.3 is 20.0 Å². The fourth-order valence-corrected chi connectivity index (χ4v) is 4.41. The number of aryl methyl sites for hydroxylation is 1. The Morgan fingerprint density at radius 2 is 1.81 bits per heavy atom. The van der Waals surface area contributed by atoms with Gasteiger partial charge in [-0.05, 0) is 24.6 Å². The van der Waals surface area contributed by atoms with Crippen LogP contribution >= 0.6 is 23.2 Å². The highest BCUT2D eigenvalue weighted by Gasteiger charge is 2.27. The van der Waals surface area contributed by atoms with E-state index >= 15 is 0 Å². The Bertz CT molecular complexity index is 1110. The van der Waals surface area contributed by atoms with Crippen LogP contribution in [0.2, 0.25) is 10.0 Å². The first-order valence-electron chi connectivity index (χ1n) is 9.86. The Morgan fingerprint density at radius 3 is 2.45 bits per heavy atom. The number of carbonyl (C=O) groups is 1. The van der Waals surface area contributed by atoms with Crippen molar-refractivity contribution in [1.29, 1.82) is 0 Å². The minimum Gasteiger partial charge on any atom is -0.595 e. The standard InChI is InChI=1S/C22H22Cl2N4O3/c1-14-13-25-21(16-4-2-3-5-17(16)23)20(14)22(29)27-10-8-26(9-11-27)19-7-6-15(28(30)31)12-18(19)24/h2-7,12-13,25,28,30H,8-11H2,1H3. The molecule has 0 spiro atoms. The van der Waals surface area contributed by atoms with Crippen LogP contribution in [0.1, 0.15) is 15.9 Å². The van der Waals surface area contributed by atoms with Crippen molar-refractivity contribution < 1.29 is 15.2 Å². The van der Waals surface area contributed by atoms with E-state index in [1.54, 1.807) is 18.2 Å². The van der Waals surface area contributed by atoms with E-state index in [2.05, 4.69) is 9.88 Å². The molecule has 3 N–H and O–H groups in total. The molecule has 0 bridgehead atoms. The second kappa shape index (κ2) is 8.90. The Balaban J connectivity index is 1.51. The fraction of sp³-hybridized carbons (Fsp3) is 0.227. The highest BCUT2D eigenvalue weighted by Crippen LogP contribution is 2.33. The summed E-state index contributed by atoms with van der Waals surface area (Å²) in [4.78, 5) is 20.5. The summed E-state index contributed by atoms with van der Waals surface area (Å²) in [6.45, 7) is 4.17. The van der Waals surface area contributed by atoms with Gasteiger partial charge in [0.1, 0.15) is 0 Å². The molecular formula is C22H22Cl2N4O3. The van der Waals surface area contributed by atoms with Gasteiger partial charge in [-0.25, -0.2) is 5.21 Å². The van der Waals surface area contributed by atoms with E-state index in [1.165, 1.54) is 6.07 Å². The van der Waals surface area contributed by atoms with Gasteiger partial charge in [0, 0.05) is 55.1 Å². The van der Waals surface area contributed by atoms with Gasteiger partial charge in [-0.1, -0.05) is 41.4 Å². The van der Waals surface area contributed by atoms with Crippen molar-refractivity contribution in [3.05, 3.63) is 75.0 Å². The number of quaternary nitrogens is 1. The quantitative estimate of drug-likeness (QED) is 0.518. The fourth-order valence-electron chi connectivity index (χ4n) is 3.88. The third-order valence-corrected chi connectivity index (χ3v) is 6.17. The van der Waals surface area contributed by atoms with Gasteiger partial charge in [-0.15, -0.1) is 0 Å². The number of amides is 1. The first-order chi connectivity index (χ1) is 14.9. The summed E-state index contributed by atoms with van der Waals surface area (Å²) in [6.07, 6.45) is 1.83. The van der Waals surface area contributed by atoms with Gasteiger partial charge in [-0.3, -0.25) is 4.79 Å². The summed E-state index contributed by atoms with van der Waals surface area (Å²) >= 11 is 12.7. The van der Waals surface area contributed by atoms with Gasteiger partial charge in [-0.2, -0.15) is 5.23 Å². The number of hydrogen-bond donors (Lipinski definition) is 3. The molecule has 1 unspecified atom stereocenters. The van der Waals surface area contributed by atoms with Crippen LogP contribution < -0.4 is 10.1 Å². The van der Waals surface area contributed by atoms with E-state index in [4.69, 9.17) is 28.4 Å². The van der Waals surface area contributed by atoms with Crippen molar-refractivity contribution in [3.63, 3.8) is 0 Å². The van der Waals surface area contributed by atoms with E-state index in [9.17, 15) is 10.0 Å². The van der Waals surface area contributed by atoms with Gasteiger partial charge >= 0.3 is 0 Å². The highest BCUT2D eigenvalue weighted by atomic mass is 35.5. The van der Waals surface area contributed by atoms with Crippen molar-refractivity contribution in [3.8, 4) is 11.3 Å². The summed E-state index contributed by atoms with van der Waals surface area (Å²) < 4.78 is 0. The molecule has 7 nitrogen and oxygen atoms in total. The number of rotatable bonds is 4. The van der Waals surface area contributed by atoms with Crippen molar-refractivity contribution in [1.82, 2.24) is 9.88 Å². The number of anilines is 1. The van der Waals surface area contributed by atoms with Crippen molar-refractivity contribution in [2.24, 2.45) is 0 Å². The number of nitrogens with one attached hydrogen (secondary N) is 2. The number of hydrogen-bond acceptors (Lipinski definition) is 4. The molecule has 2 aromatic carbocycles. The molecule has 1 aliphatic heterocycles. The summed E-state index contributed by atoms with van der Waals surface area (Å²) in [5, 5.41) is 20.2. The predicted octanol–water partition coefficient (Wildman–Crippen LogP) is 3.66. The number of nitrogens with zero attached hydrogens (tertiary/aromatic N) is 2. The molecule has 3 aromatic rings. The van der Waals surface area contributed by atoms with Gasteiger partial charge in [0.15, 0.2) is 5.69 Å². The van der Waals surface area contributed by atoms with Crippen LogP contribution in [0.25, 0.3) is 11.3 Å². The number of aromatic amines is 1. The molecule has 1 amide bonds. The number of H-pyrrole nitrogens is 1. The molecule has 4 rings (SSSR count). The molecule has 1 saturated heterocycles. The van der Waals surface area contributed by atoms with Crippen LogP contribution in [-0.2, 0) is 0 Å². The molecule has 0 radical (unpaired) electrons. The highest BCUT2D eigenvalue weighted by molar-refractivity contribution is 6.33. The predicted molar refractivity (Wildman–Crippen MR) is 121 cm³/mol. The van der Waals surface area contributed by atoms with Crippen LogP contribution in [0.3, 0.4) is 0 Å². The average molecular weight is 461 g/mol. The van der Waals surface area contributed by atoms with Crippen LogP contribution in [0.5, 0.6) is 0 Å². The largest absolute Gasteiger partial charge is 0.595 e. The lowest BCUT2D eigenvalue weighted by molar-refractivity contribution is -0.991. The maximum atomic E-state index is 13.4. The first kappa shape index (κ1) is 21.7. The van der Waals surface area contributed by atoms with E-state index in [-0.39, 0.29) is 11.6 Å². The SMILES string of the molecule is Cc1c[nH]c(-c2ccccc2Cl)c1C(=O)N1CCN(c2ccc([NH+]([O-])O)cc2Cl)CC1. The van der Waals surface area contributed by atoms with E-state index in [0.717, 1.165) is 22.5 Å². The second-order valence-corrected chi connectivity index (χ2v) is 8.27. The molecule has 1 aliphatic rings. The van der Waals surface area contributed by atoms with Crippen molar-refractivity contribution in [2.75, 3.05) is 31.1 Å². The van der Waals surface area contributed by atoms with Crippen molar-refractivity contribution in [2.45, 2.75) is 6.92 Å². The van der Waals surface area contributed by atoms with E-state index in [1.807, 2.05) is 36.2 Å². The Hall–Kier alpha value is -2.55. The lowest BCUT2D eigenvalue weighted by Gasteiger charge is -2.36. The van der Waals surface area contributed by atoms with E-state index in [0.29, 0.717) is 41.8 Å². The zero-order valence-corrected chi connectivity index (χ0v) is 18.4. The number of piperazine rings is 1. The summed E-state index contributed by atoms with van der Waals surface area (Å²) in [5.74, 6) is -0.0411. The van der Waals surface area contributed by atoms with Crippen LogP contribution in [0.4, 0.5) is 11.4 Å². The van der Waals surface area contributed by atoms with Gasteiger partial charge in [0.25, 0.3) is 5.91 Å². The average Bonchev–Trinajstić information content (AvgIpc) is 3.14. The molecule has 2 heterocycles. The van der Waals surface area contributed by atoms with Gasteiger partial charge in [0.05, 0.1) is 22.0 Å². The second-order valence-electron chi connectivity index (χ2n) is 7.45. The molecule has 1 aromatic heterocycles. The number of carbonyl (C=O) groups excluding carboxylic acids is 1. The Labute approximate surface area is 189 Å². The summed E-state index contributed by atoms with van der Waals surface area (Å²) in [5.41, 5.74) is 3.94. The maximum Gasteiger partial charge on any atom is 0.256 e. The molecule has 1 atom stereocenters. The molecule has 9 heteroatoms. The first-order valence-corrected chi connectivity index (χ1v) is 10.6. The van der Waals surface area contributed by atoms with Crippen LogP contribution in [0, 0.1) is 12.1 Å². The lowest BCUT2D eigenvalue weighted by atomic mass is 10.0. The van der Waals surface area contributed by atoms with Gasteiger partial charge in [0.2, 0.25) is 0 Å². The number of aromatic nitrogens is 1. The number of benzene rings is 2.